The largest absolute Gasteiger partial charge is 0.306 e. The van der Waals surface area contributed by atoms with Gasteiger partial charge < -0.3 is 10.3 Å². The van der Waals surface area contributed by atoms with Crippen molar-refractivity contribution in [3.8, 4) is 0 Å². The molecule has 3 rings (SSSR count). The van der Waals surface area contributed by atoms with E-state index in [0.717, 1.165) is 19.6 Å². The van der Waals surface area contributed by atoms with Crippen LogP contribution in [-0.4, -0.2) is 59.7 Å². The van der Waals surface area contributed by atoms with Crippen LogP contribution >= 0.6 is 11.3 Å². The van der Waals surface area contributed by atoms with Crippen LogP contribution in [0.1, 0.15) is 6.92 Å². The third kappa shape index (κ3) is 2.42. The molecule has 1 aliphatic heterocycles. The van der Waals surface area contributed by atoms with Crippen molar-refractivity contribution >= 4 is 32.1 Å². The zero-order chi connectivity index (χ0) is 15.0. The Morgan fingerprint density at radius 2 is 2.10 bits per heavy atom. The highest BCUT2D eigenvalue weighted by molar-refractivity contribution is 7.89. The van der Waals surface area contributed by atoms with Gasteiger partial charge in [-0.1, -0.05) is 6.92 Å². The number of sulfonamides is 1. The molecule has 0 aliphatic carbocycles. The van der Waals surface area contributed by atoms with Gasteiger partial charge in [-0.2, -0.15) is 9.29 Å². The van der Waals surface area contributed by atoms with Crippen LogP contribution in [0.15, 0.2) is 16.6 Å². The molecule has 0 unspecified atom stereocenters. The molecule has 3 N–H and O–H groups in total. The van der Waals surface area contributed by atoms with E-state index in [9.17, 15) is 8.42 Å². The van der Waals surface area contributed by atoms with Gasteiger partial charge in [0.05, 0.1) is 0 Å². The number of hydrazine groups is 1. The Kier molecular flexibility index (Phi) is 3.88. The number of piperazine rings is 1. The van der Waals surface area contributed by atoms with Crippen molar-refractivity contribution in [2.45, 2.75) is 11.9 Å². The first-order chi connectivity index (χ1) is 10.1. The summed E-state index contributed by atoms with van der Waals surface area (Å²) in [6.07, 6.45) is 1.70. The first-order valence-electron chi connectivity index (χ1n) is 6.72. The summed E-state index contributed by atoms with van der Waals surface area (Å²) in [4.78, 5) is 7.04. The molecule has 10 heteroatoms. The molecule has 1 saturated heterocycles. The van der Waals surface area contributed by atoms with E-state index in [-0.39, 0.29) is 10.8 Å². The Bertz CT molecular complexity index is 729. The maximum atomic E-state index is 12.9. The van der Waals surface area contributed by atoms with E-state index in [1.165, 1.54) is 15.6 Å². The minimum Gasteiger partial charge on any atom is -0.306 e. The van der Waals surface area contributed by atoms with Crippen LogP contribution in [0.5, 0.6) is 0 Å². The molecule has 1 aliphatic rings. The van der Waals surface area contributed by atoms with E-state index in [4.69, 9.17) is 5.84 Å². The number of nitrogens with zero attached hydrogens (tertiary/aromatic N) is 4. The SMILES string of the molecule is CCN1CCN(S(=O)(=O)c2c(NN)nc3sccn23)CC1. The third-order valence-electron chi connectivity index (χ3n) is 3.72. The van der Waals surface area contributed by atoms with Crippen LogP contribution in [-0.2, 0) is 10.0 Å². The highest BCUT2D eigenvalue weighted by atomic mass is 32.2. The lowest BCUT2D eigenvalue weighted by atomic mass is 10.4. The van der Waals surface area contributed by atoms with Crippen LogP contribution < -0.4 is 11.3 Å². The number of fused-ring (bicyclic) bond motifs is 1. The summed E-state index contributed by atoms with van der Waals surface area (Å²) in [6, 6.07) is 0. The zero-order valence-corrected chi connectivity index (χ0v) is 13.3. The standard InChI is InChI=1S/C11H18N6O2S2/c1-2-15-3-5-16(6-4-15)21(18,19)10-9(14-12)13-11-17(10)7-8-20-11/h7-8,14H,2-6,12H2,1H3. The summed E-state index contributed by atoms with van der Waals surface area (Å²) in [5.41, 5.74) is 2.39. The zero-order valence-electron chi connectivity index (χ0n) is 11.7. The van der Waals surface area contributed by atoms with E-state index in [1.807, 2.05) is 0 Å². The minimum atomic E-state index is -3.62. The Balaban J connectivity index is 1.98. The lowest BCUT2D eigenvalue weighted by molar-refractivity contribution is 0.196. The maximum Gasteiger partial charge on any atom is 0.263 e. The lowest BCUT2D eigenvalue weighted by Gasteiger charge is -2.33. The number of imidazole rings is 1. The molecule has 0 atom stereocenters. The minimum absolute atomic E-state index is 0.117. The van der Waals surface area contributed by atoms with E-state index in [1.54, 1.807) is 16.0 Å². The summed E-state index contributed by atoms with van der Waals surface area (Å²) >= 11 is 1.37. The molecule has 0 saturated carbocycles. The average Bonchev–Trinajstić information content (AvgIpc) is 3.06. The maximum absolute atomic E-state index is 12.9. The molecule has 0 amide bonds. The van der Waals surface area contributed by atoms with Crippen molar-refractivity contribution in [1.82, 2.24) is 18.6 Å². The van der Waals surface area contributed by atoms with Crippen molar-refractivity contribution < 1.29 is 8.42 Å². The summed E-state index contributed by atoms with van der Waals surface area (Å²) in [5.74, 6) is 5.63. The van der Waals surface area contributed by atoms with Gasteiger partial charge >= 0.3 is 0 Å². The molecule has 2 aromatic heterocycles. The van der Waals surface area contributed by atoms with Crippen LogP contribution in [0.3, 0.4) is 0 Å². The second kappa shape index (κ2) is 5.54. The van der Waals surface area contributed by atoms with E-state index in [0.29, 0.717) is 18.1 Å². The van der Waals surface area contributed by atoms with E-state index >= 15 is 0 Å². The van der Waals surface area contributed by atoms with Crippen LogP contribution in [0.25, 0.3) is 4.96 Å². The van der Waals surface area contributed by atoms with Gasteiger partial charge in [0.25, 0.3) is 10.0 Å². The number of hydrogen-bond donors (Lipinski definition) is 2. The second-order valence-electron chi connectivity index (χ2n) is 4.80. The van der Waals surface area contributed by atoms with Crippen LogP contribution in [0.4, 0.5) is 5.82 Å². The predicted octanol–water partition coefficient (Wildman–Crippen LogP) is 0.00760. The normalized spacial score (nSPS) is 18.4. The topological polar surface area (TPSA) is 96.0 Å². The first-order valence-corrected chi connectivity index (χ1v) is 9.04. The molecule has 0 spiro atoms. The summed E-state index contributed by atoms with van der Waals surface area (Å²) in [7, 11) is -3.62. The number of nitrogens with one attached hydrogen (secondary N) is 1. The lowest BCUT2D eigenvalue weighted by Crippen LogP contribution is -2.48. The number of anilines is 1. The average molecular weight is 330 g/mol. The Labute approximate surface area is 127 Å². The van der Waals surface area contributed by atoms with Gasteiger partial charge in [0, 0.05) is 37.8 Å². The van der Waals surface area contributed by atoms with Crippen molar-refractivity contribution in [2.75, 3.05) is 38.1 Å². The number of rotatable bonds is 4. The summed E-state index contributed by atoms with van der Waals surface area (Å²) in [6.45, 7) is 5.46. The summed E-state index contributed by atoms with van der Waals surface area (Å²) in [5, 5.41) is 1.92. The molecular formula is C11H18N6O2S2. The van der Waals surface area contributed by atoms with E-state index in [2.05, 4.69) is 22.2 Å². The molecule has 21 heavy (non-hydrogen) atoms. The Morgan fingerprint density at radius 1 is 1.38 bits per heavy atom. The number of nitrogens with two attached hydrogens (primary N) is 1. The summed E-state index contributed by atoms with van der Waals surface area (Å²) < 4.78 is 28.9. The second-order valence-corrected chi connectivity index (χ2v) is 7.53. The Hall–Kier alpha value is -1.20. The number of hydrogen-bond acceptors (Lipinski definition) is 7. The predicted molar refractivity (Wildman–Crippen MR) is 81.8 cm³/mol. The van der Waals surface area contributed by atoms with Crippen LogP contribution in [0.2, 0.25) is 0 Å². The quantitative estimate of drug-likeness (QED) is 0.605. The highest BCUT2D eigenvalue weighted by Gasteiger charge is 2.33. The number of aromatic nitrogens is 2. The fraction of sp³-hybridized carbons (Fsp3) is 0.545. The molecule has 0 bridgehead atoms. The van der Waals surface area contributed by atoms with Crippen LogP contribution in [0, 0.1) is 0 Å². The molecule has 8 nitrogen and oxygen atoms in total. The number of nitrogen functional groups attached to an aromatic ring is 1. The molecular weight excluding hydrogens is 312 g/mol. The van der Waals surface area contributed by atoms with Gasteiger partial charge in [0.1, 0.15) is 0 Å². The van der Waals surface area contributed by atoms with Gasteiger partial charge in [-0.3, -0.25) is 4.40 Å². The number of thiazole rings is 1. The van der Waals surface area contributed by atoms with E-state index < -0.39 is 10.0 Å². The number of likely N-dealkylation sites (N-methyl/N-ethyl adjacent to an activating group) is 1. The molecule has 2 aromatic rings. The monoisotopic (exact) mass is 330 g/mol. The smallest absolute Gasteiger partial charge is 0.263 e. The van der Waals surface area contributed by atoms with Gasteiger partial charge in [-0.25, -0.2) is 14.3 Å². The van der Waals surface area contributed by atoms with Gasteiger partial charge in [0.2, 0.25) is 5.03 Å². The van der Waals surface area contributed by atoms with Crippen molar-refractivity contribution in [1.29, 1.82) is 0 Å². The van der Waals surface area contributed by atoms with Crippen molar-refractivity contribution in [2.24, 2.45) is 5.84 Å². The fourth-order valence-electron chi connectivity index (χ4n) is 2.51. The van der Waals surface area contributed by atoms with Crippen molar-refractivity contribution in [3.63, 3.8) is 0 Å². The fourth-order valence-corrected chi connectivity index (χ4v) is 4.92. The molecule has 116 valence electrons. The van der Waals surface area contributed by atoms with Gasteiger partial charge in [0.15, 0.2) is 10.8 Å². The molecule has 1 fully saturated rings. The highest BCUT2D eigenvalue weighted by Crippen LogP contribution is 2.28. The molecule has 0 aromatic carbocycles. The third-order valence-corrected chi connectivity index (χ3v) is 6.40. The Morgan fingerprint density at radius 3 is 2.71 bits per heavy atom. The van der Waals surface area contributed by atoms with Crippen molar-refractivity contribution in [3.05, 3.63) is 11.6 Å². The van der Waals surface area contributed by atoms with Gasteiger partial charge in [-0.15, -0.1) is 11.3 Å². The molecule has 0 radical (unpaired) electrons. The molecule has 3 heterocycles. The first kappa shape index (κ1) is 14.7. The van der Waals surface area contributed by atoms with Gasteiger partial charge in [-0.05, 0) is 6.54 Å².